The van der Waals surface area contributed by atoms with Gasteiger partial charge in [0.05, 0.1) is 26.4 Å². The van der Waals surface area contributed by atoms with Crippen LogP contribution in [0.15, 0.2) is 89.9 Å². The summed E-state index contributed by atoms with van der Waals surface area (Å²) in [6.45, 7) is 0.776. The first-order valence-electron chi connectivity index (χ1n) is 14.0. The van der Waals surface area contributed by atoms with E-state index in [0.29, 0.717) is 13.0 Å². The van der Waals surface area contributed by atoms with E-state index >= 15 is 0 Å². The number of hydrogen-bond donors (Lipinski definition) is 4. The number of carbonyl (C=O) groups excluding carboxylic acids is 1. The number of nitrogens with one attached hydrogen (secondary N) is 1. The second-order valence-electron chi connectivity index (χ2n) is 10.1. The number of aliphatic hydroxyl groups is 1. The van der Waals surface area contributed by atoms with E-state index in [1.54, 1.807) is 0 Å². The molecule has 10 nitrogen and oxygen atoms in total. The standard InChI is InChI=1S/C32H40N4O6/c1-39-21-26-29(38)30(41-20-23-12-14-25(15-13-23)24-10-6-3-7-11-24)28(36-27(37)16-18-35-32(33)34)31(42-26)40-19-17-22-8-4-2-5-9-22/h2-15,26,28-31,38H,16-21H2,1H3,(H,36,37)(H4,33,34,35)/t26-,28-,29-,30-,31?/m1/s1. The van der Waals surface area contributed by atoms with Gasteiger partial charge in [-0.2, -0.15) is 0 Å². The zero-order chi connectivity index (χ0) is 29.7. The smallest absolute Gasteiger partial charge is 0.222 e. The molecule has 6 N–H and O–H groups in total. The molecule has 0 radical (unpaired) electrons. The lowest BCUT2D eigenvalue weighted by Crippen LogP contribution is -2.65. The second-order valence-corrected chi connectivity index (χ2v) is 10.1. The third-order valence-corrected chi connectivity index (χ3v) is 6.98. The summed E-state index contributed by atoms with van der Waals surface area (Å²) in [5.74, 6) is -0.424. The van der Waals surface area contributed by atoms with Crippen LogP contribution >= 0.6 is 0 Å². The van der Waals surface area contributed by atoms with Gasteiger partial charge in [0.2, 0.25) is 5.91 Å². The number of aliphatic hydroxyl groups excluding tert-OH is 1. The highest BCUT2D eigenvalue weighted by molar-refractivity contribution is 5.78. The van der Waals surface area contributed by atoms with Crippen LogP contribution in [0, 0.1) is 0 Å². The zero-order valence-electron chi connectivity index (χ0n) is 23.8. The average Bonchev–Trinajstić information content (AvgIpc) is 3.00. The summed E-state index contributed by atoms with van der Waals surface area (Å²) in [6.07, 6.45) is -2.88. The van der Waals surface area contributed by atoms with E-state index in [0.717, 1.165) is 22.3 Å². The number of aliphatic imine (C=N–C) groups is 1. The molecule has 1 fully saturated rings. The summed E-state index contributed by atoms with van der Waals surface area (Å²) in [5, 5.41) is 14.2. The fourth-order valence-corrected chi connectivity index (χ4v) is 4.81. The van der Waals surface area contributed by atoms with E-state index < -0.39 is 30.6 Å². The topological polar surface area (TPSA) is 151 Å². The third kappa shape index (κ3) is 9.10. The zero-order valence-corrected chi connectivity index (χ0v) is 23.8. The molecule has 224 valence electrons. The Morgan fingerprint density at radius 1 is 0.929 bits per heavy atom. The minimum atomic E-state index is -1.09. The first kappa shape index (κ1) is 31.1. The predicted molar refractivity (Wildman–Crippen MR) is 160 cm³/mol. The van der Waals surface area contributed by atoms with E-state index in [-0.39, 0.29) is 38.0 Å². The van der Waals surface area contributed by atoms with Gasteiger partial charge in [0.15, 0.2) is 12.2 Å². The Kier molecular flexibility index (Phi) is 11.9. The van der Waals surface area contributed by atoms with Crippen molar-refractivity contribution >= 4 is 11.9 Å². The molecule has 1 aliphatic rings. The number of amides is 1. The maximum Gasteiger partial charge on any atom is 0.222 e. The number of hydrogen-bond acceptors (Lipinski definition) is 7. The SMILES string of the molecule is COC[C@H]1OC(OCCc2ccccc2)[C@H](NC(=O)CCN=C(N)N)[C@@H](OCc2ccc(-c3ccccc3)cc2)[C@@H]1O. The molecule has 0 bridgehead atoms. The van der Waals surface area contributed by atoms with Gasteiger partial charge in [-0.25, -0.2) is 0 Å². The van der Waals surface area contributed by atoms with Crippen molar-refractivity contribution < 1.29 is 28.8 Å². The van der Waals surface area contributed by atoms with Crippen LogP contribution in [-0.2, 0) is 36.8 Å². The van der Waals surface area contributed by atoms with Crippen LogP contribution in [-0.4, -0.2) is 74.5 Å². The number of nitrogens with zero attached hydrogens (tertiary/aromatic N) is 1. The van der Waals surface area contributed by atoms with Crippen molar-refractivity contribution in [1.29, 1.82) is 0 Å². The molecule has 0 aromatic heterocycles. The number of rotatable bonds is 14. The van der Waals surface area contributed by atoms with Crippen molar-refractivity contribution in [1.82, 2.24) is 5.32 Å². The Morgan fingerprint density at radius 2 is 1.60 bits per heavy atom. The van der Waals surface area contributed by atoms with Crippen LogP contribution in [0.1, 0.15) is 17.5 Å². The molecule has 1 unspecified atom stereocenters. The molecular weight excluding hydrogens is 536 g/mol. The third-order valence-electron chi connectivity index (χ3n) is 6.98. The van der Waals surface area contributed by atoms with Crippen molar-refractivity contribution in [3.8, 4) is 11.1 Å². The van der Waals surface area contributed by atoms with E-state index in [1.165, 1.54) is 7.11 Å². The molecule has 0 spiro atoms. The molecule has 0 saturated carbocycles. The summed E-state index contributed by atoms with van der Waals surface area (Å²) in [6, 6.07) is 27.2. The van der Waals surface area contributed by atoms with Gasteiger partial charge in [0.25, 0.3) is 0 Å². The molecular formula is C32H40N4O6. The van der Waals surface area contributed by atoms with Crippen LogP contribution in [0.25, 0.3) is 11.1 Å². The van der Waals surface area contributed by atoms with Gasteiger partial charge in [-0.1, -0.05) is 84.9 Å². The lowest BCUT2D eigenvalue weighted by molar-refractivity contribution is -0.279. The number of ether oxygens (including phenoxy) is 4. The number of carbonyl (C=O) groups is 1. The summed E-state index contributed by atoms with van der Waals surface area (Å²) in [4.78, 5) is 16.8. The molecule has 3 aromatic rings. The largest absolute Gasteiger partial charge is 0.388 e. The summed E-state index contributed by atoms with van der Waals surface area (Å²) in [5.41, 5.74) is 15.0. The van der Waals surface area contributed by atoms with Crippen LogP contribution in [0.5, 0.6) is 0 Å². The number of nitrogens with two attached hydrogens (primary N) is 2. The van der Waals surface area contributed by atoms with Crippen LogP contribution < -0.4 is 16.8 Å². The van der Waals surface area contributed by atoms with E-state index in [4.69, 9.17) is 30.4 Å². The molecule has 0 aliphatic carbocycles. The number of benzene rings is 3. The highest BCUT2D eigenvalue weighted by Gasteiger charge is 2.47. The lowest BCUT2D eigenvalue weighted by atomic mass is 9.96. The Hall–Kier alpha value is -3.80. The number of guanidine groups is 1. The van der Waals surface area contributed by atoms with Crippen molar-refractivity contribution in [2.24, 2.45) is 16.5 Å². The Morgan fingerprint density at radius 3 is 2.26 bits per heavy atom. The van der Waals surface area contributed by atoms with E-state index in [1.807, 2.05) is 72.8 Å². The molecule has 1 amide bonds. The normalized spacial score (nSPS) is 21.9. The maximum absolute atomic E-state index is 12.9. The van der Waals surface area contributed by atoms with E-state index in [9.17, 15) is 9.90 Å². The highest BCUT2D eigenvalue weighted by Crippen LogP contribution is 2.27. The van der Waals surface area contributed by atoms with Crippen LogP contribution in [0.4, 0.5) is 0 Å². The molecule has 4 rings (SSSR count). The Labute approximate surface area is 246 Å². The number of methoxy groups -OCH3 is 1. The van der Waals surface area contributed by atoms with Gasteiger partial charge in [-0.15, -0.1) is 0 Å². The first-order chi connectivity index (χ1) is 20.4. The molecule has 1 saturated heterocycles. The molecule has 10 heteroatoms. The highest BCUT2D eigenvalue weighted by atomic mass is 16.7. The Bertz CT molecular complexity index is 1260. The average molecular weight is 577 g/mol. The van der Waals surface area contributed by atoms with Gasteiger partial charge < -0.3 is 40.8 Å². The second kappa shape index (κ2) is 16.0. The van der Waals surface area contributed by atoms with Gasteiger partial charge in [0, 0.05) is 13.5 Å². The molecule has 42 heavy (non-hydrogen) atoms. The minimum absolute atomic E-state index is 0.0381. The fraction of sp³-hybridized carbons (Fsp3) is 0.375. The van der Waals surface area contributed by atoms with E-state index in [2.05, 4.69) is 22.4 Å². The monoisotopic (exact) mass is 576 g/mol. The maximum atomic E-state index is 12.9. The van der Waals surface area contributed by atoms with Gasteiger partial charge in [0.1, 0.15) is 24.4 Å². The molecule has 1 aliphatic heterocycles. The van der Waals surface area contributed by atoms with Gasteiger partial charge >= 0.3 is 0 Å². The lowest BCUT2D eigenvalue weighted by Gasteiger charge is -2.44. The van der Waals surface area contributed by atoms with Gasteiger partial charge in [-0.05, 0) is 28.7 Å². The molecule has 5 atom stereocenters. The van der Waals surface area contributed by atoms with Crippen LogP contribution in [0.2, 0.25) is 0 Å². The quantitative estimate of drug-likeness (QED) is 0.169. The summed E-state index contributed by atoms with van der Waals surface area (Å²) < 4.78 is 23.9. The molecule has 1 heterocycles. The fourth-order valence-electron chi connectivity index (χ4n) is 4.81. The predicted octanol–water partition coefficient (Wildman–Crippen LogP) is 2.38. The van der Waals surface area contributed by atoms with Crippen LogP contribution in [0.3, 0.4) is 0 Å². The van der Waals surface area contributed by atoms with Crippen molar-refractivity contribution in [2.75, 3.05) is 26.9 Å². The first-order valence-corrected chi connectivity index (χ1v) is 14.0. The summed E-state index contributed by atoms with van der Waals surface area (Å²) >= 11 is 0. The Balaban J connectivity index is 1.50. The van der Waals surface area contributed by atoms with Crippen molar-refractivity contribution in [3.63, 3.8) is 0 Å². The molecule has 3 aromatic carbocycles. The van der Waals surface area contributed by atoms with Crippen molar-refractivity contribution in [3.05, 3.63) is 96.1 Å². The summed E-state index contributed by atoms with van der Waals surface area (Å²) in [7, 11) is 1.53. The minimum Gasteiger partial charge on any atom is -0.388 e. The van der Waals surface area contributed by atoms with Crippen molar-refractivity contribution in [2.45, 2.75) is 50.1 Å². The van der Waals surface area contributed by atoms with Gasteiger partial charge in [-0.3, -0.25) is 9.79 Å².